The first-order valence-corrected chi connectivity index (χ1v) is 9.72. The quantitative estimate of drug-likeness (QED) is 0.520. The standard InChI is InChI=1S/C24H20F3NO3/c1-28(23(29)30-15-16-7-3-2-4-8-16)21-14-18-10-6-12-20(22(18)31-21)17-9-5-11-19(13-17)24(25,26)27/h2-13,21H,14-15H2,1H3. The fourth-order valence-electron chi connectivity index (χ4n) is 3.50. The third-order valence-corrected chi connectivity index (χ3v) is 5.17. The minimum Gasteiger partial charge on any atom is -0.469 e. The number of benzene rings is 3. The molecule has 0 N–H and O–H groups in total. The Morgan fingerprint density at radius 3 is 2.55 bits per heavy atom. The number of halogens is 3. The number of alkyl halides is 3. The van der Waals surface area contributed by atoms with Gasteiger partial charge in [-0.2, -0.15) is 13.2 Å². The van der Waals surface area contributed by atoms with Crippen LogP contribution < -0.4 is 4.74 Å². The van der Waals surface area contributed by atoms with Crippen LogP contribution in [0.25, 0.3) is 11.1 Å². The van der Waals surface area contributed by atoms with E-state index in [-0.39, 0.29) is 6.61 Å². The highest BCUT2D eigenvalue weighted by atomic mass is 19.4. The SMILES string of the molecule is CN(C(=O)OCc1ccccc1)C1Cc2cccc(-c3cccc(C(F)(F)F)c3)c2O1. The van der Waals surface area contributed by atoms with Crippen LogP contribution in [0.3, 0.4) is 0 Å². The maximum Gasteiger partial charge on any atom is 0.416 e. The molecule has 160 valence electrons. The van der Waals surface area contributed by atoms with Crippen molar-refractivity contribution < 1.29 is 27.4 Å². The van der Waals surface area contributed by atoms with E-state index in [1.165, 1.54) is 11.0 Å². The zero-order valence-corrected chi connectivity index (χ0v) is 16.7. The van der Waals surface area contributed by atoms with Gasteiger partial charge in [0, 0.05) is 24.6 Å². The molecular weight excluding hydrogens is 407 g/mol. The molecular formula is C24H20F3NO3. The Morgan fingerprint density at radius 2 is 1.81 bits per heavy atom. The van der Waals surface area contributed by atoms with Gasteiger partial charge in [0.25, 0.3) is 0 Å². The highest BCUT2D eigenvalue weighted by Crippen LogP contribution is 2.41. The summed E-state index contributed by atoms with van der Waals surface area (Å²) in [6, 6.07) is 19.8. The molecule has 7 heteroatoms. The first-order chi connectivity index (χ1) is 14.8. The predicted molar refractivity (Wildman–Crippen MR) is 109 cm³/mol. The molecule has 1 unspecified atom stereocenters. The molecule has 1 atom stereocenters. The minimum absolute atomic E-state index is 0.138. The molecule has 4 rings (SSSR count). The van der Waals surface area contributed by atoms with Gasteiger partial charge in [0.1, 0.15) is 12.4 Å². The summed E-state index contributed by atoms with van der Waals surface area (Å²) in [6.45, 7) is 0.138. The Balaban J connectivity index is 1.50. The molecule has 0 saturated carbocycles. The summed E-state index contributed by atoms with van der Waals surface area (Å²) in [5, 5.41) is 0. The fourth-order valence-corrected chi connectivity index (χ4v) is 3.50. The molecule has 0 radical (unpaired) electrons. The van der Waals surface area contributed by atoms with Crippen LogP contribution in [0.2, 0.25) is 0 Å². The number of carbonyl (C=O) groups excluding carboxylic acids is 1. The van der Waals surface area contributed by atoms with E-state index >= 15 is 0 Å². The van der Waals surface area contributed by atoms with E-state index in [0.29, 0.717) is 23.3 Å². The second-order valence-corrected chi connectivity index (χ2v) is 7.30. The lowest BCUT2D eigenvalue weighted by Crippen LogP contribution is -2.40. The van der Waals surface area contributed by atoms with Crippen LogP contribution in [0.15, 0.2) is 72.8 Å². The summed E-state index contributed by atoms with van der Waals surface area (Å²) in [5.41, 5.74) is 1.92. The van der Waals surface area contributed by atoms with Crippen molar-refractivity contribution in [3.63, 3.8) is 0 Å². The van der Waals surface area contributed by atoms with E-state index in [4.69, 9.17) is 9.47 Å². The van der Waals surface area contributed by atoms with Crippen LogP contribution >= 0.6 is 0 Å². The van der Waals surface area contributed by atoms with Crippen molar-refractivity contribution in [3.8, 4) is 16.9 Å². The maximum atomic E-state index is 13.1. The van der Waals surface area contributed by atoms with E-state index in [0.717, 1.165) is 23.3 Å². The lowest BCUT2D eigenvalue weighted by Gasteiger charge is -2.23. The van der Waals surface area contributed by atoms with Crippen molar-refractivity contribution in [2.75, 3.05) is 7.05 Å². The molecule has 0 bridgehead atoms. The molecule has 4 nitrogen and oxygen atoms in total. The first kappa shape index (κ1) is 20.8. The topological polar surface area (TPSA) is 38.8 Å². The number of carbonyl (C=O) groups is 1. The Bertz CT molecular complexity index is 1080. The van der Waals surface area contributed by atoms with Crippen LogP contribution in [-0.2, 0) is 23.9 Å². The highest BCUT2D eigenvalue weighted by molar-refractivity contribution is 5.74. The van der Waals surface area contributed by atoms with Gasteiger partial charge in [0.05, 0.1) is 5.56 Å². The van der Waals surface area contributed by atoms with Crippen molar-refractivity contribution in [2.24, 2.45) is 0 Å². The summed E-state index contributed by atoms with van der Waals surface area (Å²) < 4.78 is 50.7. The fraction of sp³-hybridized carbons (Fsp3) is 0.208. The van der Waals surface area contributed by atoms with E-state index in [1.54, 1.807) is 25.2 Å². The molecule has 1 amide bonds. The van der Waals surface area contributed by atoms with Gasteiger partial charge < -0.3 is 9.47 Å². The monoisotopic (exact) mass is 427 g/mol. The van der Waals surface area contributed by atoms with Gasteiger partial charge in [-0.15, -0.1) is 0 Å². The third kappa shape index (κ3) is 4.50. The maximum absolute atomic E-state index is 13.1. The van der Waals surface area contributed by atoms with Crippen molar-refractivity contribution in [2.45, 2.75) is 25.4 Å². The molecule has 3 aromatic carbocycles. The lowest BCUT2D eigenvalue weighted by atomic mass is 9.99. The molecule has 1 aliphatic rings. The van der Waals surface area contributed by atoms with Crippen molar-refractivity contribution in [3.05, 3.63) is 89.5 Å². The van der Waals surface area contributed by atoms with Gasteiger partial charge >= 0.3 is 12.3 Å². The van der Waals surface area contributed by atoms with Gasteiger partial charge in [-0.1, -0.05) is 60.7 Å². The average molecular weight is 427 g/mol. The molecule has 0 spiro atoms. The van der Waals surface area contributed by atoms with E-state index in [9.17, 15) is 18.0 Å². The summed E-state index contributed by atoms with van der Waals surface area (Å²) in [5.74, 6) is 0.481. The van der Waals surface area contributed by atoms with Crippen LogP contribution in [0.5, 0.6) is 5.75 Å². The number of hydrogen-bond acceptors (Lipinski definition) is 3. The van der Waals surface area contributed by atoms with Gasteiger partial charge in [-0.25, -0.2) is 4.79 Å². The minimum atomic E-state index is -4.43. The number of likely N-dealkylation sites (N-methyl/N-ethyl adjacent to an activating group) is 1. The predicted octanol–water partition coefficient (Wildman–Crippen LogP) is 5.90. The first-order valence-electron chi connectivity index (χ1n) is 9.72. The average Bonchev–Trinajstić information content (AvgIpc) is 3.21. The Labute approximate surface area is 177 Å². The summed E-state index contributed by atoms with van der Waals surface area (Å²) in [4.78, 5) is 13.8. The lowest BCUT2D eigenvalue weighted by molar-refractivity contribution is -0.137. The van der Waals surface area contributed by atoms with Gasteiger partial charge in [-0.05, 0) is 23.3 Å². The summed E-state index contributed by atoms with van der Waals surface area (Å²) >= 11 is 0. The van der Waals surface area contributed by atoms with Crippen molar-refractivity contribution >= 4 is 6.09 Å². The van der Waals surface area contributed by atoms with Gasteiger partial charge in [-0.3, -0.25) is 4.90 Å². The molecule has 0 saturated heterocycles. The number of ether oxygens (including phenoxy) is 2. The molecule has 1 aliphatic heterocycles. The van der Waals surface area contributed by atoms with E-state index in [1.807, 2.05) is 36.4 Å². The third-order valence-electron chi connectivity index (χ3n) is 5.17. The number of nitrogens with zero attached hydrogens (tertiary/aromatic N) is 1. The van der Waals surface area contributed by atoms with Gasteiger partial charge in [0.2, 0.25) is 0 Å². The normalized spacial score (nSPS) is 15.2. The molecule has 1 heterocycles. The zero-order chi connectivity index (χ0) is 22.0. The smallest absolute Gasteiger partial charge is 0.416 e. The Hall–Kier alpha value is -3.48. The highest BCUT2D eigenvalue weighted by Gasteiger charge is 2.33. The zero-order valence-electron chi connectivity index (χ0n) is 16.7. The molecule has 31 heavy (non-hydrogen) atoms. The largest absolute Gasteiger partial charge is 0.469 e. The molecule has 3 aromatic rings. The second-order valence-electron chi connectivity index (χ2n) is 7.30. The Morgan fingerprint density at radius 1 is 1.06 bits per heavy atom. The number of hydrogen-bond donors (Lipinski definition) is 0. The van der Waals surface area contributed by atoms with Crippen LogP contribution in [0.4, 0.5) is 18.0 Å². The summed E-state index contributed by atoms with van der Waals surface area (Å²) in [6.07, 6.45) is -5.16. The number of rotatable bonds is 4. The van der Waals surface area contributed by atoms with Crippen molar-refractivity contribution in [1.82, 2.24) is 4.90 Å². The number of fused-ring (bicyclic) bond motifs is 1. The second kappa shape index (κ2) is 8.34. The van der Waals surface area contributed by atoms with Gasteiger partial charge in [0.15, 0.2) is 6.23 Å². The molecule has 0 fully saturated rings. The number of amides is 1. The Kier molecular flexibility index (Phi) is 5.59. The van der Waals surface area contributed by atoms with Crippen molar-refractivity contribution in [1.29, 1.82) is 0 Å². The van der Waals surface area contributed by atoms with E-state index in [2.05, 4.69) is 0 Å². The molecule has 0 aromatic heterocycles. The van der Waals surface area contributed by atoms with E-state index < -0.39 is 24.1 Å². The van der Waals surface area contributed by atoms with Crippen LogP contribution in [0.1, 0.15) is 16.7 Å². The summed E-state index contributed by atoms with van der Waals surface area (Å²) in [7, 11) is 1.58. The van der Waals surface area contributed by atoms with Crippen LogP contribution in [0, 0.1) is 0 Å². The number of para-hydroxylation sites is 1. The molecule has 0 aliphatic carbocycles. The van der Waals surface area contributed by atoms with Crippen LogP contribution in [-0.4, -0.2) is 24.3 Å².